The third kappa shape index (κ3) is 4.06. The van der Waals surface area contributed by atoms with Crippen LogP contribution < -0.4 is 14.2 Å². The first-order valence-corrected chi connectivity index (χ1v) is 11.6. The predicted molar refractivity (Wildman–Crippen MR) is 129 cm³/mol. The van der Waals surface area contributed by atoms with Gasteiger partial charge in [0.05, 0.1) is 22.0 Å². The van der Waals surface area contributed by atoms with Crippen LogP contribution in [-0.2, 0) is 31.1 Å². The number of carbonyl (C=O) groups is 4. The van der Waals surface area contributed by atoms with Crippen molar-refractivity contribution in [1.29, 1.82) is 0 Å². The molecule has 11 heteroatoms. The standard InChI is InChI=1S/C26H16Cl2O9/c1-11(29)34-22-9-20-16(7-18(22)27)26(17-8-19(28)23(35-12(2)30)10-21(17)36-20)15-4-3-13(6-24(31)32)5-14(15)25(33)37-26/h3-5,7-10H,6H2,1-2H3,(H,31,32). The van der Waals surface area contributed by atoms with Gasteiger partial charge in [0, 0.05) is 42.7 Å². The largest absolute Gasteiger partial charge is 0.481 e. The molecule has 37 heavy (non-hydrogen) atoms. The van der Waals surface area contributed by atoms with E-state index in [1.54, 1.807) is 12.1 Å². The van der Waals surface area contributed by atoms with Crippen molar-refractivity contribution in [3.8, 4) is 23.0 Å². The van der Waals surface area contributed by atoms with Crippen LogP contribution in [0.3, 0.4) is 0 Å². The van der Waals surface area contributed by atoms with Crippen molar-refractivity contribution in [2.45, 2.75) is 25.9 Å². The lowest BCUT2D eigenvalue weighted by Crippen LogP contribution is -2.33. The van der Waals surface area contributed by atoms with Gasteiger partial charge in [-0.1, -0.05) is 35.3 Å². The Morgan fingerprint density at radius 2 is 1.41 bits per heavy atom. The van der Waals surface area contributed by atoms with Crippen molar-refractivity contribution in [3.05, 3.63) is 80.3 Å². The molecule has 0 aliphatic carbocycles. The molecule has 0 aromatic heterocycles. The molecule has 0 amide bonds. The molecule has 0 radical (unpaired) electrons. The van der Waals surface area contributed by atoms with Crippen LogP contribution in [-0.4, -0.2) is 29.0 Å². The van der Waals surface area contributed by atoms with Crippen LogP contribution >= 0.6 is 23.2 Å². The number of hydrogen-bond acceptors (Lipinski definition) is 8. The highest BCUT2D eigenvalue weighted by atomic mass is 35.5. The van der Waals surface area contributed by atoms with Crippen molar-refractivity contribution >= 4 is 47.1 Å². The maximum atomic E-state index is 13.2. The van der Waals surface area contributed by atoms with Crippen molar-refractivity contribution in [1.82, 2.24) is 0 Å². The monoisotopic (exact) mass is 542 g/mol. The molecule has 3 aromatic carbocycles. The zero-order valence-corrected chi connectivity index (χ0v) is 20.7. The van der Waals surface area contributed by atoms with E-state index in [1.807, 2.05) is 0 Å². The molecule has 1 spiro atoms. The minimum absolute atomic E-state index is 0.0158. The van der Waals surface area contributed by atoms with E-state index in [-0.39, 0.29) is 45.0 Å². The molecule has 0 saturated heterocycles. The first-order chi connectivity index (χ1) is 17.5. The van der Waals surface area contributed by atoms with Crippen molar-refractivity contribution in [2.24, 2.45) is 0 Å². The number of rotatable bonds is 4. The maximum absolute atomic E-state index is 13.2. The summed E-state index contributed by atoms with van der Waals surface area (Å²) < 4.78 is 22.5. The molecule has 1 N–H and O–H groups in total. The average Bonchev–Trinajstić information content (AvgIpc) is 3.08. The highest BCUT2D eigenvalue weighted by molar-refractivity contribution is 6.32. The zero-order valence-electron chi connectivity index (χ0n) is 19.2. The summed E-state index contributed by atoms with van der Waals surface area (Å²) in [6.45, 7) is 2.43. The topological polar surface area (TPSA) is 125 Å². The summed E-state index contributed by atoms with van der Waals surface area (Å²) in [5.74, 6) is -2.65. The van der Waals surface area contributed by atoms with Gasteiger partial charge in [-0.3, -0.25) is 14.4 Å². The first-order valence-electron chi connectivity index (χ1n) is 10.8. The van der Waals surface area contributed by atoms with Crippen LogP contribution in [0.25, 0.3) is 0 Å². The summed E-state index contributed by atoms with van der Waals surface area (Å²) in [6.07, 6.45) is -0.293. The first kappa shape index (κ1) is 24.6. The Morgan fingerprint density at radius 3 is 1.89 bits per heavy atom. The number of carboxylic acid groups (broad SMARTS) is 1. The Labute approximate surface area is 219 Å². The van der Waals surface area contributed by atoms with E-state index in [0.717, 1.165) is 0 Å². The summed E-state index contributed by atoms with van der Waals surface area (Å²) in [6, 6.07) is 10.3. The van der Waals surface area contributed by atoms with E-state index < -0.39 is 29.5 Å². The summed E-state index contributed by atoms with van der Waals surface area (Å²) in [4.78, 5) is 47.6. The van der Waals surface area contributed by atoms with Crippen LogP contribution in [0.5, 0.6) is 23.0 Å². The molecule has 0 atom stereocenters. The number of aliphatic carboxylic acids is 1. The van der Waals surface area contributed by atoms with Crippen molar-refractivity contribution < 1.29 is 43.2 Å². The number of carbonyl (C=O) groups excluding carboxylic acids is 3. The molecule has 2 aliphatic rings. The smallest absolute Gasteiger partial charge is 0.340 e. The molecular formula is C26H16Cl2O9. The third-order valence-corrected chi connectivity index (χ3v) is 6.43. The van der Waals surface area contributed by atoms with Gasteiger partial charge < -0.3 is 24.1 Å². The second kappa shape index (κ2) is 8.79. The fourth-order valence-electron chi connectivity index (χ4n) is 4.52. The summed E-state index contributed by atoms with van der Waals surface area (Å²) in [7, 11) is 0. The van der Waals surface area contributed by atoms with Gasteiger partial charge in [0.25, 0.3) is 0 Å². The highest BCUT2D eigenvalue weighted by Gasteiger charge is 2.54. The predicted octanol–water partition coefficient (Wildman–Crippen LogP) is 5.04. The molecule has 0 fully saturated rings. The van der Waals surface area contributed by atoms with Crippen LogP contribution in [0, 0.1) is 0 Å². The lowest BCUT2D eigenvalue weighted by Gasteiger charge is -2.37. The lowest BCUT2D eigenvalue weighted by molar-refractivity contribution is -0.136. The number of halogens is 2. The fourth-order valence-corrected chi connectivity index (χ4v) is 4.92. The summed E-state index contributed by atoms with van der Waals surface area (Å²) in [5, 5.41) is 9.29. The molecule has 0 bridgehead atoms. The number of benzene rings is 3. The second-order valence-corrected chi connectivity index (χ2v) is 9.18. The molecule has 2 heterocycles. The maximum Gasteiger partial charge on any atom is 0.340 e. The number of fused-ring (bicyclic) bond motifs is 6. The Bertz CT molecular complexity index is 1470. The van der Waals surface area contributed by atoms with Crippen LogP contribution in [0.1, 0.15) is 46.5 Å². The highest BCUT2D eigenvalue weighted by Crippen LogP contribution is 2.58. The molecule has 2 aliphatic heterocycles. The Kier molecular flexibility index (Phi) is 5.85. The van der Waals surface area contributed by atoms with Crippen molar-refractivity contribution in [3.63, 3.8) is 0 Å². The molecule has 5 rings (SSSR count). The third-order valence-electron chi connectivity index (χ3n) is 5.84. The van der Waals surface area contributed by atoms with Gasteiger partial charge >= 0.3 is 23.9 Å². The van der Waals surface area contributed by atoms with E-state index in [1.165, 1.54) is 44.2 Å². The molecule has 3 aromatic rings. The normalized spacial score (nSPS) is 14.1. The number of ether oxygens (including phenoxy) is 4. The fraction of sp³-hybridized carbons (Fsp3) is 0.154. The van der Waals surface area contributed by atoms with Crippen LogP contribution in [0.15, 0.2) is 42.5 Å². The second-order valence-electron chi connectivity index (χ2n) is 8.37. The average molecular weight is 543 g/mol. The van der Waals surface area contributed by atoms with Gasteiger partial charge in [-0.25, -0.2) is 4.79 Å². The van der Waals surface area contributed by atoms with Gasteiger partial charge in [-0.15, -0.1) is 0 Å². The summed E-state index contributed by atoms with van der Waals surface area (Å²) in [5.41, 5.74) is -0.0267. The van der Waals surface area contributed by atoms with Gasteiger partial charge in [0.15, 0.2) is 17.1 Å². The van der Waals surface area contributed by atoms with Gasteiger partial charge in [-0.2, -0.15) is 0 Å². The SMILES string of the molecule is CC(=O)Oc1cc2c(cc1Cl)C1(OC(=O)c3cc(CC(=O)O)ccc31)c1cc(Cl)c(OC(C)=O)cc1O2. The van der Waals surface area contributed by atoms with E-state index in [9.17, 15) is 24.3 Å². The van der Waals surface area contributed by atoms with Gasteiger partial charge in [0.1, 0.15) is 11.5 Å². The molecule has 188 valence electrons. The van der Waals surface area contributed by atoms with Crippen molar-refractivity contribution in [2.75, 3.05) is 0 Å². The van der Waals surface area contributed by atoms with Crippen LogP contribution in [0.4, 0.5) is 0 Å². The minimum Gasteiger partial charge on any atom is -0.481 e. The minimum atomic E-state index is -1.60. The lowest BCUT2D eigenvalue weighted by atomic mass is 9.77. The molecule has 0 unspecified atom stereocenters. The summed E-state index contributed by atoms with van der Waals surface area (Å²) >= 11 is 12.9. The Morgan fingerprint density at radius 1 is 0.865 bits per heavy atom. The number of carboxylic acids is 1. The van der Waals surface area contributed by atoms with E-state index in [4.69, 9.17) is 42.1 Å². The Hall–Kier alpha value is -4.08. The molecule has 0 saturated carbocycles. The molecular weight excluding hydrogens is 527 g/mol. The van der Waals surface area contributed by atoms with E-state index in [2.05, 4.69) is 0 Å². The number of esters is 3. The van der Waals surface area contributed by atoms with Crippen LogP contribution in [0.2, 0.25) is 10.0 Å². The van der Waals surface area contributed by atoms with Gasteiger partial charge in [-0.05, 0) is 23.8 Å². The zero-order chi connectivity index (χ0) is 26.6. The number of hydrogen-bond donors (Lipinski definition) is 1. The van der Waals surface area contributed by atoms with E-state index in [0.29, 0.717) is 22.3 Å². The Balaban J connectivity index is 1.80. The van der Waals surface area contributed by atoms with E-state index >= 15 is 0 Å². The molecule has 9 nitrogen and oxygen atoms in total. The van der Waals surface area contributed by atoms with Gasteiger partial charge in [0.2, 0.25) is 0 Å². The quantitative estimate of drug-likeness (QED) is 0.356.